The Balaban J connectivity index is 1.81. The molecule has 0 atom stereocenters. The lowest BCUT2D eigenvalue weighted by atomic mass is 10.1. The minimum atomic E-state index is 0.384. The standard InChI is InChI=1S/C13H25NO/c1-2-3-4-5-6-7-8-10-13(15)14-11-9-12-14/h2-12H2,1H3. The van der Waals surface area contributed by atoms with Gasteiger partial charge in [-0.3, -0.25) is 4.79 Å². The molecular formula is C13H25NO. The van der Waals surface area contributed by atoms with Gasteiger partial charge in [-0.05, 0) is 12.8 Å². The Kier molecular flexibility index (Phi) is 6.45. The molecule has 0 aliphatic carbocycles. The van der Waals surface area contributed by atoms with Gasteiger partial charge in [-0.2, -0.15) is 0 Å². The predicted molar refractivity (Wildman–Crippen MR) is 63.8 cm³/mol. The van der Waals surface area contributed by atoms with Crippen LogP contribution in [-0.2, 0) is 4.79 Å². The Morgan fingerprint density at radius 2 is 1.60 bits per heavy atom. The normalized spacial score (nSPS) is 15.1. The van der Waals surface area contributed by atoms with E-state index < -0.39 is 0 Å². The summed E-state index contributed by atoms with van der Waals surface area (Å²) in [5, 5.41) is 0. The van der Waals surface area contributed by atoms with Crippen LogP contribution in [0.2, 0.25) is 0 Å². The van der Waals surface area contributed by atoms with Gasteiger partial charge in [0.25, 0.3) is 0 Å². The van der Waals surface area contributed by atoms with Gasteiger partial charge in [-0.1, -0.05) is 45.4 Å². The van der Waals surface area contributed by atoms with Crippen LogP contribution in [0.5, 0.6) is 0 Å². The molecule has 0 N–H and O–H groups in total. The largest absolute Gasteiger partial charge is 0.343 e. The zero-order chi connectivity index (χ0) is 10.9. The lowest BCUT2D eigenvalue weighted by molar-refractivity contribution is -0.134. The van der Waals surface area contributed by atoms with Gasteiger partial charge in [0.05, 0.1) is 0 Å². The second-order valence-corrected chi connectivity index (χ2v) is 4.61. The van der Waals surface area contributed by atoms with Crippen LogP contribution in [0.1, 0.15) is 64.7 Å². The fourth-order valence-corrected chi connectivity index (χ4v) is 1.96. The smallest absolute Gasteiger partial charge is 0.222 e. The molecule has 1 aliphatic heterocycles. The molecule has 88 valence electrons. The van der Waals surface area contributed by atoms with E-state index in [1.165, 1.54) is 44.9 Å². The maximum atomic E-state index is 11.5. The van der Waals surface area contributed by atoms with Crippen molar-refractivity contribution >= 4 is 5.91 Å². The van der Waals surface area contributed by atoms with Gasteiger partial charge in [-0.25, -0.2) is 0 Å². The summed E-state index contributed by atoms with van der Waals surface area (Å²) in [4.78, 5) is 13.5. The van der Waals surface area contributed by atoms with Crippen molar-refractivity contribution in [1.29, 1.82) is 0 Å². The summed E-state index contributed by atoms with van der Waals surface area (Å²) >= 11 is 0. The summed E-state index contributed by atoms with van der Waals surface area (Å²) in [5.41, 5.74) is 0. The SMILES string of the molecule is CCCCCCCCCC(=O)N1CCC1. The molecule has 0 spiro atoms. The van der Waals surface area contributed by atoms with E-state index in [9.17, 15) is 4.79 Å². The van der Waals surface area contributed by atoms with Crippen LogP contribution in [0.25, 0.3) is 0 Å². The maximum absolute atomic E-state index is 11.5. The van der Waals surface area contributed by atoms with Gasteiger partial charge in [0, 0.05) is 19.5 Å². The van der Waals surface area contributed by atoms with E-state index in [2.05, 4.69) is 6.92 Å². The molecule has 1 fully saturated rings. The fraction of sp³-hybridized carbons (Fsp3) is 0.923. The number of amides is 1. The van der Waals surface area contributed by atoms with Crippen molar-refractivity contribution in [3.05, 3.63) is 0 Å². The van der Waals surface area contributed by atoms with E-state index in [0.29, 0.717) is 5.91 Å². The first kappa shape index (κ1) is 12.5. The molecule has 0 unspecified atom stereocenters. The highest BCUT2D eigenvalue weighted by Crippen LogP contribution is 2.12. The van der Waals surface area contributed by atoms with Gasteiger partial charge in [0.15, 0.2) is 0 Å². The topological polar surface area (TPSA) is 20.3 Å². The summed E-state index contributed by atoms with van der Waals surface area (Å²) in [6, 6.07) is 0. The third kappa shape index (κ3) is 5.19. The van der Waals surface area contributed by atoms with Gasteiger partial charge < -0.3 is 4.90 Å². The van der Waals surface area contributed by atoms with Gasteiger partial charge in [-0.15, -0.1) is 0 Å². The Morgan fingerprint density at radius 1 is 1.00 bits per heavy atom. The van der Waals surface area contributed by atoms with E-state index in [-0.39, 0.29) is 0 Å². The zero-order valence-electron chi connectivity index (χ0n) is 10.1. The first-order valence-electron chi connectivity index (χ1n) is 6.62. The Hall–Kier alpha value is -0.530. The lowest BCUT2D eigenvalue weighted by Gasteiger charge is -2.30. The Morgan fingerprint density at radius 3 is 2.13 bits per heavy atom. The number of nitrogens with zero attached hydrogens (tertiary/aromatic N) is 1. The molecule has 0 saturated carbocycles. The quantitative estimate of drug-likeness (QED) is 0.564. The van der Waals surface area contributed by atoms with E-state index >= 15 is 0 Å². The van der Waals surface area contributed by atoms with Gasteiger partial charge in [0.1, 0.15) is 0 Å². The summed E-state index contributed by atoms with van der Waals surface area (Å²) in [6.07, 6.45) is 11.1. The molecule has 1 aliphatic rings. The number of carbonyl (C=O) groups is 1. The van der Waals surface area contributed by atoms with Gasteiger partial charge >= 0.3 is 0 Å². The third-order valence-corrected chi connectivity index (χ3v) is 3.20. The average molecular weight is 211 g/mol. The number of unbranched alkanes of at least 4 members (excludes halogenated alkanes) is 6. The van der Waals surface area contributed by atoms with Crippen LogP contribution < -0.4 is 0 Å². The van der Waals surface area contributed by atoms with E-state index in [1.54, 1.807) is 0 Å². The van der Waals surface area contributed by atoms with Crippen molar-refractivity contribution in [2.75, 3.05) is 13.1 Å². The second kappa shape index (κ2) is 7.72. The molecule has 0 aromatic heterocycles. The van der Waals surface area contributed by atoms with E-state index in [0.717, 1.165) is 25.9 Å². The molecule has 0 aromatic rings. The van der Waals surface area contributed by atoms with E-state index in [1.807, 2.05) is 4.90 Å². The van der Waals surface area contributed by atoms with E-state index in [4.69, 9.17) is 0 Å². The highest BCUT2D eigenvalue weighted by atomic mass is 16.2. The Labute approximate surface area is 94.0 Å². The Bertz CT molecular complexity index is 175. The van der Waals surface area contributed by atoms with Crippen molar-refractivity contribution in [2.24, 2.45) is 0 Å². The van der Waals surface area contributed by atoms with Crippen LogP contribution in [0, 0.1) is 0 Å². The van der Waals surface area contributed by atoms with Crippen LogP contribution in [0.15, 0.2) is 0 Å². The molecule has 1 amide bonds. The molecule has 1 rings (SSSR count). The molecular weight excluding hydrogens is 186 g/mol. The molecule has 0 radical (unpaired) electrons. The summed E-state index contributed by atoms with van der Waals surface area (Å²) < 4.78 is 0. The van der Waals surface area contributed by atoms with Crippen molar-refractivity contribution in [1.82, 2.24) is 4.90 Å². The van der Waals surface area contributed by atoms with Gasteiger partial charge in [0.2, 0.25) is 5.91 Å². The maximum Gasteiger partial charge on any atom is 0.222 e. The number of likely N-dealkylation sites (tertiary alicyclic amines) is 1. The van der Waals surface area contributed by atoms with Crippen molar-refractivity contribution in [3.63, 3.8) is 0 Å². The molecule has 2 heteroatoms. The molecule has 1 heterocycles. The first-order valence-corrected chi connectivity index (χ1v) is 6.62. The van der Waals surface area contributed by atoms with Crippen molar-refractivity contribution in [3.8, 4) is 0 Å². The van der Waals surface area contributed by atoms with Crippen molar-refractivity contribution < 1.29 is 4.79 Å². The lowest BCUT2D eigenvalue weighted by Crippen LogP contribution is -2.41. The van der Waals surface area contributed by atoms with Crippen molar-refractivity contribution in [2.45, 2.75) is 64.7 Å². The average Bonchev–Trinajstić information content (AvgIpc) is 2.14. The minimum absolute atomic E-state index is 0.384. The predicted octanol–water partition coefficient (Wildman–Crippen LogP) is 3.36. The highest BCUT2D eigenvalue weighted by Gasteiger charge is 2.18. The zero-order valence-corrected chi connectivity index (χ0v) is 10.1. The molecule has 15 heavy (non-hydrogen) atoms. The first-order chi connectivity index (χ1) is 7.34. The second-order valence-electron chi connectivity index (χ2n) is 4.61. The monoisotopic (exact) mass is 211 g/mol. The van der Waals surface area contributed by atoms with Crippen LogP contribution in [0.4, 0.5) is 0 Å². The third-order valence-electron chi connectivity index (χ3n) is 3.20. The molecule has 0 aromatic carbocycles. The summed E-state index contributed by atoms with van der Waals surface area (Å²) in [6.45, 7) is 4.26. The number of rotatable bonds is 8. The molecule has 1 saturated heterocycles. The highest BCUT2D eigenvalue weighted by molar-refractivity contribution is 5.76. The minimum Gasteiger partial charge on any atom is -0.343 e. The fourth-order valence-electron chi connectivity index (χ4n) is 1.96. The van der Waals surface area contributed by atoms with Crippen LogP contribution >= 0.6 is 0 Å². The number of hydrogen-bond acceptors (Lipinski definition) is 1. The summed E-state index contributed by atoms with van der Waals surface area (Å²) in [7, 11) is 0. The van der Waals surface area contributed by atoms with Crippen LogP contribution in [-0.4, -0.2) is 23.9 Å². The summed E-state index contributed by atoms with van der Waals surface area (Å²) in [5.74, 6) is 0.384. The molecule has 2 nitrogen and oxygen atoms in total. The number of carbonyl (C=O) groups excluding carboxylic acids is 1. The van der Waals surface area contributed by atoms with Crippen LogP contribution in [0.3, 0.4) is 0 Å². The number of hydrogen-bond donors (Lipinski definition) is 0. The molecule has 0 bridgehead atoms.